The molecule has 0 radical (unpaired) electrons. The molecule has 0 aliphatic rings. The number of hydrogen-bond donors (Lipinski definition) is 3. The van der Waals surface area contributed by atoms with Crippen molar-refractivity contribution in [1.29, 1.82) is 0 Å². The Labute approximate surface area is 73.6 Å². The van der Waals surface area contributed by atoms with Gasteiger partial charge in [0.15, 0.2) is 0 Å². The predicted molar refractivity (Wildman–Crippen MR) is 50.2 cm³/mol. The number of nitrogens with zero attached hydrogens (tertiary/aromatic N) is 1. The minimum Gasteiger partial charge on any atom is -0.322 e. The van der Waals surface area contributed by atoms with E-state index in [1.807, 2.05) is 6.07 Å². The van der Waals surface area contributed by atoms with E-state index in [1.54, 1.807) is 12.1 Å². The molecule has 0 saturated heterocycles. The first-order valence-electron chi connectivity index (χ1n) is 3.76. The van der Waals surface area contributed by atoms with Gasteiger partial charge in [-0.1, -0.05) is 6.07 Å². The van der Waals surface area contributed by atoms with E-state index in [-0.39, 0.29) is 5.56 Å². The lowest BCUT2D eigenvalue weighted by Crippen LogP contribution is -2.11. The van der Waals surface area contributed by atoms with Gasteiger partial charge in [-0.3, -0.25) is 10.6 Å². The van der Waals surface area contributed by atoms with Crippen molar-refractivity contribution in [2.75, 3.05) is 5.43 Å². The van der Waals surface area contributed by atoms with Gasteiger partial charge in [-0.25, -0.2) is 4.98 Å². The number of hydrazine groups is 1. The lowest BCUT2D eigenvalue weighted by atomic mass is 10.2. The number of nitrogens with one attached hydrogen (secondary N) is 2. The molecule has 1 heterocycles. The van der Waals surface area contributed by atoms with Gasteiger partial charge in [0.1, 0.15) is 0 Å². The first-order valence-corrected chi connectivity index (χ1v) is 3.76. The minimum absolute atomic E-state index is 0.241. The summed E-state index contributed by atoms with van der Waals surface area (Å²) in [5, 5.41) is 0. The summed E-state index contributed by atoms with van der Waals surface area (Å²) in [5.41, 5.74) is 4.23. The average molecular weight is 176 g/mol. The van der Waals surface area contributed by atoms with Crippen LogP contribution in [-0.2, 0) is 0 Å². The molecule has 4 N–H and O–H groups in total. The van der Waals surface area contributed by atoms with Gasteiger partial charge >= 0.3 is 0 Å². The van der Waals surface area contributed by atoms with E-state index < -0.39 is 0 Å². The lowest BCUT2D eigenvalue weighted by Gasteiger charge is -2.02. The Morgan fingerprint density at radius 2 is 2.31 bits per heavy atom. The fourth-order valence-electron chi connectivity index (χ4n) is 1.18. The monoisotopic (exact) mass is 176 g/mol. The van der Waals surface area contributed by atoms with Crippen LogP contribution in [0.4, 0.5) is 5.69 Å². The fraction of sp³-hybridized carbons (Fsp3) is 0. The highest BCUT2D eigenvalue weighted by Crippen LogP contribution is 2.16. The van der Waals surface area contributed by atoms with E-state index in [0.29, 0.717) is 16.7 Å². The van der Waals surface area contributed by atoms with Gasteiger partial charge in [0.2, 0.25) is 0 Å². The number of fused-ring (bicyclic) bond motifs is 1. The molecule has 0 aliphatic carbocycles. The van der Waals surface area contributed by atoms with E-state index >= 15 is 0 Å². The number of anilines is 1. The summed E-state index contributed by atoms with van der Waals surface area (Å²) >= 11 is 0. The molecule has 2 aromatic rings. The van der Waals surface area contributed by atoms with Crippen LogP contribution in [0.25, 0.3) is 11.0 Å². The number of hydrogen-bond acceptors (Lipinski definition) is 4. The van der Waals surface area contributed by atoms with Crippen LogP contribution in [0.2, 0.25) is 0 Å². The standard InChI is InChI=1S/C8H8N4O/c9-12-6-3-1-2-5-8(6)11-7(13)4-10-5/h1-4,12H,9H2,(H,11,13). The SMILES string of the molecule is NNc1cccc2ncc(=O)[nH]c12. The van der Waals surface area contributed by atoms with Gasteiger partial charge in [-0.15, -0.1) is 0 Å². The second-order valence-electron chi connectivity index (χ2n) is 2.59. The molecule has 0 atom stereocenters. The van der Waals surface area contributed by atoms with Crippen molar-refractivity contribution in [2.24, 2.45) is 5.84 Å². The molecule has 5 heteroatoms. The van der Waals surface area contributed by atoms with Crippen LogP contribution in [0.5, 0.6) is 0 Å². The fourth-order valence-corrected chi connectivity index (χ4v) is 1.18. The normalized spacial score (nSPS) is 10.2. The molecule has 0 bridgehead atoms. The smallest absolute Gasteiger partial charge is 0.266 e. The maximum atomic E-state index is 11.0. The number of para-hydroxylation sites is 1. The molecule has 0 spiro atoms. The van der Waals surface area contributed by atoms with Crippen molar-refractivity contribution in [2.45, 2.75) is 0 Å². The predicted octanol–water partition coefficient (Wildman–Crippen LogP) is 0.209. The van der Waals surface area contributed by atoms with Crippen LogP contribution in [0.15, 0.2) is 29.2 Å². The highest BCUT2D eigenvalue weighted by Gasteiger charge is 1.99. The molecule has 13 heavy (non-hydrogen) atoms. The van der Waals surface area contributed by atoms with E-state index in [9.17, 15) is 4.79 Å². The minimum atomic E-state index is -0.241. The second kappa shape index (κ2) is 2.87. The van der Waals surface area contributed by atoms with Crippen LogP contribution in [0.1, 0.15) is 0 Å². The van der Waals surface area contributed by atoms with Crippen LogP contribution < -0.4 is 16.8 Å². The summed E-state index contributed by atoms with van der Waals surface area (Å²) in [7, 11) is 0. The Balaban J connectivity index is 2.87. The van der Waals surface area contributed by atoms with Gasteiger partial charge in [-0.05, 0) is 12.1 Å². The summed E-state index contributed by atoms with van der Waals surface area (Å²) in [6, 6.07) is 5.37. The summed E-state index contributed by atoms with van der Waals surface area (Å²) < 4.78 is 0. The maximum Gasteiger partial charge on any atom is 0.266 e. The molecule has 1 aromatic carbocycles. The summed E-state index contributed by atoms with van der Waals surface area (Å²) in [4.78, 5) is 17.6. The van der Waals surface area contributed by atoms with Gasteiger partial charge in [0.05, 0.1) is 22.9 Å². The molecule has 66 valence electrons. The lowest BCUT2D eigenvalue weighted by molar-refractivity contribution is 1.21. The Bertz CT molecular complexity index is 491. The summed E-state index contributed by atoms with van der Waals surface area (Å²) in [6.07, 6.45) is 1.24. The number of benzene rings is 1. The number of nitrogen functional groups attached to an aromatic ring is 1. The van der Waals surface area contributed by atoms with Crippen molar-refractivity contribution in [3.63, 3.8) is 0 Å². The third-order valence-electron chi connectivity index (χ3n) is 1.77. The zero-order valence-electron chi connectivity index (χ0n) is 6.74. The quantitative estimate of drug-likeness (QED) is 0.428. The van der Waals surface area contributed by atoms with Crippen molar-refractivity contribution >= 4 is 16.7 Å². The molecular weight excluding hydrogens is 168 g/mol. The van der Waals surface area contributed by atoms with Crippen molar-refractivity contribution in [1.82, 2.24) is 9.97 Å². The first kappa shape index (κ1) is 7.75. The molecular formula is C8H8N4O. The van der Waals surface area contributed by atoms with Crippen LogP contribution in [-0.4, -0.2) is 9.97 Å². The number of nitrogens with two attached hydrogens (primary N) is 1. The maximum absolute atomic E-state index is 11.0. The van der Waals surface area contributed by atoms with Crippen LogP contribution >= 0.6 is 0 Å². The topological polar surface area (TPSA) is 83.8 Å². The molecule has 0 aliphatic heterocycles. The van der Waals surface area contributed by atoms with Gasteiger partial charge < -0.3 is 10.4 Å². The Kier molecular flexibility index (Phi) is 1.71. The van der Waals surface area contributed by atoms with Gasteiger partial charge in [0, 0.05) is 0 Å². The Morgan fingerprint density at radius 3 is 3.08 bits per heavy atom. The van der Waals surface area contributed by atoms with Gasteiger partial charge in [0.25, 0.3) is 5.56 Å². The van der Waals surface area contributed by atoms with Gasteiger partial charge in [-0.2, -0.15) is 0 Å². The molecule has 2 rings (SSSR count). The summed E-state index contributed by atoms with van der Waals surface area (Å²) in [5.74, 6) is 5.27. The molecule has 5 nitrogen and oxygen atoms in total. The molecule has 0 unspecified atom stereocenters. The number of aromatic nitrogens is 2. The van der Waals surface area contributed by atoms with Crippen molar-refractivity contribution in [3.05, 3.63) is 34.7 Å². The van der Waals surface area contributed by atoms with E-state index in [1.165, 1.54) is 6.20 Å². The Hall–Kier alpha value is -1.88. The number of aromatic amines is 1. The van der Waals surface area contributed by atoms with E-state index in [0.717, 1.165) is 0 Å². The van der Waals surface area contributed by atoms with E-state index in [2.05, 4.69) is 15.4 Å². The Morgan fingerprint density at radius 1 is 1.46 bits per heavy atom. The second-order valence-corrected chi connectivity index (χ2v) is 2.59. The average Bonchev–Trinajstić information content (AvgIpc) is 2.17. The number of rotatable bonds is 1. The first-order chi connectivity index (χ1) is 6.31. The van der Waals surface area contributed by atoms with Crippen molar-refractivity contribution < 1.29 is 0 Å². The zero-order chi connectivity index (χ0) is 9.26. The third kappa shape index (κ3) is 1.25. The van der Waals surface area contributed by atoms with Crippen LogP contribution in [0, 0.1) is 0 Å². The largest absolute Gasteiger partial charge is 0.322 e. The zero-order valence-corrected chi connectivity index (χ0v) is 6.74. The highest BCUT2D eigenvalue weighted by molar-refractivity contribution is 5.86. The molecule has 1 aromatic heterocycles. The highest BCUT2D eigenvalue weighted by atomic mass is 16.1. The van der Waals surface area contributed by atoms with E-state index in [4.69, 9.17) is 5.84 Å². The summed E-state index contributed by atoms with van der Waals surface area (Å²) in [6.45, 7) is 0. The molecule has 0 saturated carbocycles. The number of H-pyrrole nitrogens is 1. The van der Waals surface area contributed by atoms with Crippen molar-refractivity contribution in [3.8, 4) is 0 Å². The molecule has 0 amide bonds. The molecule has 0 fully saturated rings. The third-order valence-corrected chi connectivity index (χ3v) is 1.77. The van der Waals surface area contributed by atoms with Crippen LogP contribution in [0.3, 0.4) is 0 Å².